The summed E-state index contributed by atoms with van der Waals surface area (Å²) >= 11 is 0. The second kappa shape index (κ2) is 6.02. The average Bonchev–Trinajstić information content (AvgIpc) is 3.31. The van der Waals surface area contributed by atoms with Gasteiger partial charge in [0.05, 0.1) is 5.69 Å². The van der Waals surface area contributed by atoms with Crippen LogP contribution in [-0.4, -0.2) is 9.97 Å². The third-order valence-corrected chi connectivity index (χ3v) is 4.99. The summed E-state index contributed by atoms with van der Waals surface area (Å²) in [7, 11) is 0. The van der Waals surface area contributed by atoms with Crippen molar-refractivity contribution in [3.05, 3.63) is 78.1 Å². The number of hydrogen-bond acceptors (Lipinski definition) is 3. The monoisotopic (exact) mass is 353 g/mol. The molecule has 0 aliphatic rings. The lowest BCUT2D eigenvalue weighted by molar-refractivity contribution is 0.632. The Bertz CT molecular complexity index is 1280. The molecule has 0 radical (unpaired) electrons. The number of nitrogens with one attached hydrogen (secondary N) is 2. The molecule has 0 atom stereocenters. The van der Waals surface area contributed by atoms with Crippen LogP contribution >= 0.6 is 0 Å². The number of furan rings is 1. The zero-order valence-electron chi connectivity index (χ0n) is 15.2. The van der Waals surface area contributed by atoms with Crippen molar-refractivity contribution >= 4 is 33.4 Å². The van der Waals surface area contributed by atoms with Crippen LogP contribution in [-0.2, 0) is 0 Å². The van der Waals surface area contributed by atoms with Crippen LogP contribution < -0.4 is 5.32 Å². The molecular weight excluding hydrogens is 334 g/mol. The molecule has 4 nitrogen and oxygen atoms in total. The molecule has 3 aromatic heterocycles. The van der Waals surface area contributed by atoms with Crippen LogP contribution in [0.1, 0.15) is 11.1 Å². The first-order valence-corrected chi connectivity index (χ1v) is 8.98. The maximum absolute atomic E-state index is 6.19. The van der Waals surface area contributed by atoms with Gasteiger partial charge in [-0.05, 0) is 49.7 Å². The second-order valence-electron chi connectivity index (χ2n) is 6.86. The largest absolute Gasteiger partial charge is 0.452 e. The topological polar surface area (TPSA) is 53.9 Å². The predicted molar refractivity (Wildman–Crippen MR) is 111 cm³/mol. The van der Waals surface area contributed by atoms with Gasteiger partial charge in [0.2, 0.25) is 0 Å². The normalized spacial score (nSPS) is 11.3. The summed E-state index contributed by atoms with van der Waals surface area (Å²) in [5, 5.41) is 4.74. The van der Waals surface area contributed by atoms with Gasteiger partial charge in [0, 0.05) is 40.6 Å². The molecule has 0 amide bonds. The SMILES string of the molecule is Cc1cccc(-c2cc3nccc(Nc4ccc5[nH]ccc5c4C)c3o2)c1. The zero-order chi connectivity index (χ0) is 18.4. The molecule has 2 aromatic carbocycles. The van der Waals surface area contributed by atoms with Crippen LogP contribution in [0, 0.1) is 13.8 Å². The molecule has 0 aliphatic heterocycles. The van der Waals surface area contributed by atoms with Gasteiger partial charge in [0.1, 0.15) is 11.3 Å². The standard InChI is InChI=1S/C23H19N3O/c1-14-4-3-5-16(12-14)22-13-21-23(27-22)20(9-11-25-21)26-18-6-7-19-17(15(18)2)8-10-24-19/h3-13,24H,1-2H3,(H,25,26). The first kappa shape index (κ1) is 15.7. The van der Waals surface area contributed by atoms with E-state index >= 15 is 0 Å². The minimum atomic E-state index is 0.766. The average molecular weight is 353 g/mol. The summed E-state index contributed by atoms with van der Waals surface area (Å²) in [6, 6.07) is 18.5. The number of H-pyrrole nitrogens is 1. The summed E-state index contributed by atoms with van der Waals surface area (Å²) < 4.78 is 6.19. The molecule has 5 aromatic rings. The maximum Gasteiger partial charge on any atom is 0.176 e. The number of aryl methyl sites for hydroxylation is 2. The van der Waals surface area contributed by atoms with Gasteiger partial charge in [-0.25, -0.2) is 0 Å². The molecule has 5 rings (SSSR count). The smallest absolute Gasteiger partial charge is 0.176 e. The van der Waals surface area contributed by atoms with E-state index in [0.29, 0.717) is 0 Å². The van der Waals surface area contributed by atoms with Crippen LogP contribution in [0.15, 0.2) is 71.4 Å². The highest BCUT2D eigenvalue weighted by Gasteiger charge is 2.13. The van der Waals surface area contributed by atoms with E-state index in [4.69, 9.17) is 4.42 Å². The summed E-state index contributed by atoms with van der Waals surface area (Å²) in [4.78, 5) is 7.73. The van der Waals surface area contributed by atoms with Crippen LogP contribution in [0.3, 0.4) is 0 Å². The molecule has 0 unspecified atom stereocenters. The lowest BCUT2D eigenvalue weighted by Crippen LogP contribution is -1.94. The van der Waals surface area contributed by atoms with Gasteiger partial charge in [0.15, 0.2) is 5.58 Å². The second-order valence-corrected chi connectivity index (χ2v) is 6.86. The van der Waals surface area contributed by atoms with Crippen LogP contribution in [0.25, 0.3) is 33.3 Å². The Morgan fingerprint density at radius 3 is 2.78 bits per heavy atom. The van der Waals surface area contributed by atoms with Crippen molar-refractivity contribution < 1.29 is 4.42 Å². The fraction of sp³-hybridized carbons (Fsp3) is 0.0870. The molecular formula is C23H19N3O. The summed E-state index contributed by atoms with van der Waals surface area (Å²) in [5.74, 6) is 0.827. The number of pyridine rings is 1. The molecule has 2 N–H and O–H groups in total. The fourth-order valence-electron chi connectivity index (χ4n) is 3.54. The summed E-state index contributed by atoms with van der Waals surface area (Å²) in [6.45, 7) is 4.20. The lowest BCUT2D eigenvalue weighted by Gasteiger charge is -2.10. The Morgan fingerprint density at radius 2 is 1.89 bits per heavy atom. The fourth-order valence-corrected chi connectivity index (χ4v) is 3.54. The zero-order valence-corrected chi connectivity index (χ0v) is 15.2. The van der Waals surface area contributed by atoms with Gasteiger partial charge in [-0.15, -0.1) is 0 Å². The van der Waals surface area contributed by atoms with Crippen molar-refractivity contribution in [2.45, 2.75) is 13.8 Å². The number of hydrogen-bond donors (Lipinski definition) is 2. The van der Waals surface area contributed by atoms with Crippen molar-refractivity contribution in [2.24, 2.45) is 0 Å². The number of rotatable bonds is 3. The van der Waals surface area contributed by atoms with Crippen LogP contribution in [0.4, 0.5) is 11.4 Å². The Balaban J connectivity index is 1.59. The van der Waals surface area contributed by atoms with Crippen LogP contribution in [0.5, 0.6) is 0 Å². The first-order chi connectivity index (χ1) is 13.2. The van der Waals surface area contributed by atoms with Crippen molar-refractivity contribution in [3.8, 4) is 11.3 Å². The number of benzene rings is 2. The van der Waals surface area contributed by atoms with E-state index in [1.165, 1.54) is 16.5 Å². The first-order valence-electron chi connectivity index (χ1n) is 8.98. The minimum absolute atomic E-state index is 0.766. The van der Waals surface area contributed by atoms with Gasteiger partial charge in [-0.3, -0.25) is 4.98 Å². The number of fused-ring (bicyclic) bond motifs is 2. The van der Waals surface area contributed by atoms with Gasteiger partial charge >= 0.3 is 0 Å². The Kier molecular flexibility index (Phi) is 3.50. The third-order valence-electron chi connectivity index (χ3n) is 4.99. The van der Waals surface area contributed by atoms with Gasteiger partial charge < -0.3 is 14.7 Å². The van der Waals surface area contributed by atoms with E-state index in [1.807, 2.05) is 30.6 Å². The lowest BCUT2D eigenvalue weighted by atomic mass is 10.1. The van der Waals surface area contributed by atoms with Gasteiger partial charge in [-0.1, -0.05) is 23.8 Å². The summed E-state index contributed by atoms with van der Waals surface area (Å²) in [5.41, 5.74) is 8.18. The molecule has 0 saturated carbocycles. The molecule has 0 aliphatic carbocycles. The Morgan fingerprint density at radius 1 is 0.963 bits per heavy atom. The van der Waals surface area contributed by atoms with E-state index < -0.39 is 0 Å². The maximum atomic E-state index is 6.19. The molecule has 0 bridgehead atoms. The Labute approximate surface area is 156 Å². The summed E-state index contributed by atoms with van der Waals surface area (Å²) in [6.07, 6.45) is 3.77. The predicted octanol–water partition coefficient (Wildman–Crippen LogP) is 6.34. The number of aromatic nitrogens is 2. The Hall–Kier alpha value is -3.53. The van der Waals surface area contributed by atoms with Crippen LogP contribution in [0.2, 0.25) is 0 Å². The molecule has 27 heavy (non-hydrogen) atoms. The molecule has 0 spiro atoms. The van der Waals surface area contributed by atoms with E-state index in [2.05, 4.69) is 65.5 Å². The van der Waals surface area contributed by atoms with E-state index in [0.717, 1.165) is 39.3 Å². The van der Waals surface area contributed by atoms with Crippen molar-refractivity contribution in [1.82, 2.24) is 9.97 Å². The number of aromatic amines is 1. The third kappa shape index (κ3) is 2.66. The minimum Gasteiger partial charge on any atom is -0.452 e. The quantitative estimate of drug-likeness (QED) is 0.398. The molecule has 0 saturated heterocycles. The number of nitrogens with zero attached hydrogens (tertiary/aromatic N) is 1. The van der Waals surface area contributed by atoms with Gasteiger partial charge in [0.25, 0.3) is 0 Å². The highest BCUT2D eigenvalue weighted by molar-refractivity contribution is 5.94. The van der Waals surface area contributed by atoms with E-state index in [-0.39, 0.29) is 0 Å². The highest BCUT2D eigenvalue weighted by atomic mass is 16.3. The molecule has 4 heteroatoms. The molecule has 132 valence electrons. The number of anilines is 2. The molecule has 0 fully saturated rings. The van der Waals surface area contributed by atoms with E-state index in [1.54, 1.807) is 0 Å². The van der Waals surface area contributed by atoms with Crippen molar-refractivity contribution in [3.63, 3.8) is 0 Å². The highest BCUT2D eigenvalue weighted by Crippen LogP contribution is 2.34. The molecule has 3 heterocycles. The van der Waals surface area contributed by atoms with E-state index in [9.17, 15) is 0 Å². The van der Waals surface area contributed by atoms with Crippen molar-refractivity contribution in [1.29, 1.82) is 0 Å². The van der Waals surface area contributed by atoms with Gasteiger partial charge in [-0.2, -0.15) is 0 Å². The van der Waals surface area contributed by atoms with Crippen molar-refractivity contribution in [2.75, 3.05) is 5.32 Å².